The molecule has 0 aliphatic carbocycles. The highest BCUT2D eigenvalue weighted by Crippen LogP contribution is 2.19. The number of hydrogen-bond acceptors (Lipinski definition) is 5. The van der Waals surface area contributed by atoms with Crippen molar-refractivity contribution < 1.29 is 23.9 Å². The summed E-state index contributed by atoms with van der Waals surface area (Å²) in [6, 6.07) is 6.38. The predicted molar refractivity (Wildman–Crippen MR) is 112 cm³/mol. The number of nitrogens with zero attached hydrogens (tertiary/aromatic N) is 1. The Labute approximate surface area is 176 Å². The number of hydrogen-bond donors (Lipinski definition) is 3. The maximum Gasteiger partial charge on any atom is 0.321 e. The van der Waals surface area contributed by atoms with Gasteiger partial charge in [-0.25, -0.2) is 4.79 Å². The number of urea groups is 1. The number of piperidine rings is 1. The third kappa shape index (κ3) is 7.06. The van der Waals surface area contributed by atoms with Gasteiger partial charge in [0, 0.05) is 42.8 Å². The van der Waals surface area contributed by atoms with Gasteiger partial charge >= 0.3 is 12.0 Å². The normalized spacial score (nSPS) is 14.2. The van der Waals surface area contributed by atoms with Gasteiger partial charge in [-0.05, 0) is 51.0 Å². The molecule has 9 heteroatoms. The summed E-state index contributed by atoms with van der Waals surface area (Å²) in [6.45, 7) is 5.08. The van der Waals surface area contributed by atoms with Crippen LogP contribution in [0.5, 0.6) is 0 Å². The van der Waals surface area contributed by atoms with Crippen LogP contribution < -0.4 is 16.0 Å². The molecule has 1 aromatic carbocycles. The van der Waals surface area contributed by atoms with Gasteiger partial charge in [-0.2, -0.15) is 0 Å². The van der Waals surface area contributed by atoms with Crippen molar-refractivity contribution in [3.63, 3.8) is 0 Å². The summed E-state index contributed by atoms with van der Waals surface area (Å²) in [5, 5.41) is 8.36. The van der Waals surface area contributed by atoms with Crippen LogP contribution in [0.3, 0.4) is 0 Å². The van der Waals surface area contributed by atoms with Gasteiger partial charge in [0.25, 0.3) is 5.91 Å². The summed E-state index contributed by atoms with van der Waals surface area (Å²) >= 11 is 0. The van der Waals surface area contributed by atoms with Crippen molar-refractivity contribution >= 4 is 29.5 Å². The minimum atomic E-state index is -0.391. The summed E-state index contributed by atoms with van der Waals surface area (Å²) in [7, 11) is 1.29. The summed E-state index contributed by atoms with van der Waals surface area (Å²) in [5.41, 5.74) is 1.00. The minimum absolute atomic E-state index is 0.0468. The standard InChI is InChI=1S/C21H30N4O5/c1-14(2)23-20(28)16-9-12-25(13-10-16)21(29)24-17-6-4-15(5-7-17)19(27)22-11-8-18(26)30-3/h4-7,14,16H,8-13H2,1-3H3,(H,22,27)(H,23,28)(H,24,29). The first-order chi connectivity index (χ1) is 14.3. The maximum atomic E-state index is 12.5. The lowest BCUT2D eigenvalue weighted by atomic mass is 9.96. The van der Waals surface area contributed by atoms with Gasteiger partial charge < -0.3 is 25.6 Å². The van der Waals surface area contributed by atoms with E-state index in [1.165, 1.54) is 7.11 Å². The lowest BCUT2D eigenvalue weighted by molar-refractivity contribution is -0.140. The smallest absolute Gasteiger partial charge is 0.321 e. The van der Waals surface area contributed by atoms with E-state index in [0.717, 1.165) is 0 Å². The number of anilines is 1. The fourth-order valence-corrected chi connectivity index (χ4v) is 3.14. The molecule has 0 atom stereocenters. The highest BCUT2D eigenvalue weighted by Gasteiger charge is 2.27. The Balaban J connectivity index is 1.79. The molecule has 0 aromatic heterocycles. The average molecular weight is 418 g/mol. The fourth-order valence-electron chi connectivity index (χ4n) is 3.14. The Hall–Kier alpha value is -3.10. The molecule has 1 heterocycles. The van der Waals surface area contributed by atoms with Crippen molar-refractivity contribution in [2.75, 3.05) is 32.1 Å². The molecule has 2 rings (SSSR count). The first kappa shape index (κ1) is 23.2. The van der Waals surface area contributed by atoms with E-state index in [4.69, 9.17) is 0 Å². The number of likely N-dealkylation sites (tertiary alicyclic amines) is 1. The largest absolute Gasteiger partial charge is 0.469 e. The third-order valence-corrected chi connectivity index (χ3v) is 4.82. The molecule has 30 heavy (non-hydrogen) atoms. The number of amides is 4. The Morgan fingerprint density at radius 2 is 1.73 bits per heavy atom. The quantitative estimate of drug-likeness (QED) is 0.583. The number of ether oxygens (including phenoxy) is 1. The van der Waals surface area contributed by atoms with Crippen molar-refractivity contribution in [2.45, 2.75) is 39.2 Å². The predicted octanol–water partition coefficient (Wildman–Crippen LogP) is 1.75. The van der Waals surface area contributed by atoms with E-state index in [1.807, 2.05) is 13.8 Å². The Morgan fingerprint density at radius 1 is 1.10 bits per heavy atom. The average Bonchev–Trinajstić information content (AvgIpc) is 2.73. The molecule has 1 aliphatic heterocycles. The molecule has 0 spiro atoms. The second-order valence-corrected chi connectivity index (χ2v) is 7.51. The number of carbonyl (C=O) groups excluding carboxylic acids is 4. The van der Waals surface area contributed by atoms with Crippen LogP contribution in [-0.4, -0.2) is 61.5 Å². The van der Waals surface area contributed by atoms with Gasteiger partial charge in [-0.15, -0.1) is 0 Å². The topological polar surface area (TPSA) is 117 Å². The van der Waals surface area contributed by atoms with Crippen LogP contribution in [0.2, 0.25) is 0 Å². The van der Waals surface area contributed by atoms with E-state index in [2.05, 4.69) is 20.7 Å². The third-order valence-electron chi connectivity index (χ3n) is 4.82. The zero-order valence-electron chi connectivity index (χ0n) is 17.7. The summed E-state index contributed by atoms with van der Waals surface area (Å²) in [6.07, 6.45) is 1.37. The minimum Gasteiger partial charge on any atom is -0.469 e. The molecular formula is C21H30N4O5. The molecule has 0 radical (unpaired) electrons. The van der Waals surface area contributed by atoms with Gasteiger partial charge in [0.2, 0.25) is 5.91 Å². The Kier molecular flexibility index (Phi) is 8.64. The number of carbonyl (C=O) groups is 4. The van der Waals surface area contributed by atoms with Crippen LogP contribution in [0, 0.1) is 5.92 Å². The SMILES string of the molecule is COC(=O)CCNC(=O)c1ccc(NC(=O)N2CCC(C(=O)NC(C)C)CC2)cc1. The van der Waals surface area contributed by atoms with Gasteiger partial charge in [-0.1, -0.05) is 0 Å². The zero-order chi connectivity index (χ0) is 22.1. The molecule has 164 valence electrons. The molecule has 1 saturated heterocycles. The number of nitrogens with one attached hydrogen (secondary N) is 3. The van der Waals surface area contributed by atoms with Crippen molar-refractivity contribution in [1.29, 1.82) is 0 Å². The molecule has 0 saturated carbocycles. The van der Waals surface area contributed by atoms with Crippen molar-refractivity contribution in [1.82, 2.24) is 15.5 Å². The Morgan fingerprint density at radius 3 is 2.30 bits per heavy atom. The van der Waals surface area contributed by atoms with Crippen LogP contribution in [0.4, 0.5) is 10.5 Å². The number of benzene rings is 1. The van der Waals surface area contributed by atoms with Crippen molar-refractivity contribution in [2.24, 2.45) is 5.92 Å². The molecule has 1 aliphatic rings. The molecule has 1 aromatic rings. The van der Waals surface area contributed by atoms with Crippen LogP contribution in [-0.2, 0) is 14.3 Å². The highest BCUT2D eigenvalue weighted by molar-refractivity contribution is 5.95. The first-order valence-corrected chi connectivity index (χ1v) is 10.1. The van der Waals surface area contributed by atoms with E-state index in [1.54, 1.807) is 29.2 Å². The van der Waals surface area contributed by atoms with E-state index in [9.17, 15) is 19.2 Å². The van der Waals surface area contributed by atoms with E-state index in [0.29, 0.717) is 37.2 Å². The monoisotopic (exact) mass is 418 g/mol. The number of methoxy groups -OCH3 is 1. The second-order valence-electron chi connectivity index (χ2n) is 7.51. The summed E-state index contributed by atoms with van der Waals surface area (Å²) in [4.78, 5) is 49.4. The second kappa shape index (κ2) is 11.2. The molecule has 4 amide bonds. The molecule has 0 bridgehead atoms. The van der Waals surface area contributed by atoms with E-state index < -0.39 is 5.97 Å². The van der Waals surface area contributed by atoms with Gasteiger partial charge in [0.1, 0.15) is 0 Å². The van der Waals surface area contributed by atoms with Gasteiger partial charge in [0.05, 0.1) is 13.5 Å². The highest BCUT2D eigenvalue weighted by atomic mass is 16.5. The van der Waals surface area contributed by atoms with E-state index >= 15 is 0 Å². The van der Waals surface area contributed by atoms with Crippen molar-refractivity contribution in [3.8, 4) is 0 Å². The van der Waals surface area contributed by atoms with Crippen LogP contribution in [0.25, 0.3) is 0 Å². The molecule has 1 fully saturated rings. The fraction of sp³-hybridized carbons (Fsp3) is 0.524. The molecular weight excluding hydrogens is 388 g/mol. The lowest BCUT2D eigenvalue weighted by Gasteiger charge is -2.31. The number of esters is 1. The lowest BCUT2D eigenvalue weighted by Crippen LogP contribution is -2.45. The van der Waals surface area contributed by atoms with Gasteiger partial charge in [0.15, 0.2) is 0 Å². The molecule has 3 N–H and O–H groups in total. The van der Waals surface area contributed by atoms with Crippen LogP contribution in [0.15, 0.2) is 24.3 Å². The van der Waals surface area contributed by atoms with Crippen molar-refractivity contribution in [3.05, 3.63) is 29.8 Å². The maximum absolute atomic E-state index is 12.5. The van der Waals surface area contributed by atoms with Crippen LogP contribution in [0.1, 0.15) is 43.5 Å². The number of rotatable bonds is 7. The molecule has 0 unspecified atom stereocenters. The first-order valence-electron chi connectivity index (χ1n) is 10.1. The van der Waals surface area contributed by atoms with Gasteiger partial charge in [-0.3, -0.25) is 14.4 Å². The Bertz CT molecular complexity index is 755. The summed E-state index contributed by atoms with van der Waals surface area (Å²) < 4.78 is 4.52. The van der Waals surface area contributed by atoms with Crippen LogP contribution >= 0.6 is 0 Å². The zero-order valence-corrected chi connectivity index (χ0v) is 17.7. The summed E-state index contributed by atoms with van der Waals surface area (Å²) in [5.74, 6) is -0.713. The van der Waals surface area contributed by atoms with E-state index in [-0.39, 0.29) is 42.8 Å². The molecule has 9 nitrogen and oxygen atoms in total.